The number of hydrogen-bond acceptors (Lipinski definition) is 6. The van der Waals surface area contributed by atoms with Gasteiger partial charge in [-0.15, -0.1) is 0 Å². The average Bonchev–Trinajstić information content (AvgIpc) is 2.74. The van der Waals surface area contributed by atoms with E-state index in [9.17, 15) is 13.2 Å². The molecule has 0 spiro atoms. The number of amides is 1. The molecule has 0 aliphatic heterocycles. The lowest BCUT2D eigenvalue weighted by molar-refractivity contribution is 0.102. The van der Waals surface area contributed by atoms with Crippen molar-refractivity contribution in [2.24, 2.45) is 0 Å². The molecule has 0 radical (unpaired) electrons. The minimum absolute atomic E-state index is 0.109. The molecule has 2 aromatic heterocycles. The summed E-state index contributed by atoms with van der Waals surface area (Å²) < 4.78 is 31.1. The largest absolute Gasteiger partial charge is 0.485 e. The van der Waals surface area contributed by atoms with Crippen LogP contribution in [0.1, 0.15) is 15.9 Å². The van der Waals surface area contributed by atoms with Crippen LogP contribution in [0.25, 0.3) is 0 Å². The lowest BCUT2D eigenvalue weighted by atomic mass is 10.2. The fourth-order valence-corrected chi connectivity index (χ4v) is 3.31. The highest BCUT2D eigenvalue weighted by molar-refractivity contribution is 7.89. The van der Waals surface area contributed by atoms with Crippen molar-refractivity contribution >= 4 is 21.7 Å². The highest BCUT2D eigenvalue weighted by Gasteiger charge is 2.18. The van der Waals surface area contributed by atoms with E-state index in [2.05, 4.69) is 15.3 Å². The number of pyridine rings is 2. The molecule has 0 unspecified atom stereocenters. The molecule has 0 atom stereocenters. The fraction of sp³-hybridized carbons (Fsp3) is 0.150. The van der Waals surface area contributed by atoms with Crippen molar-refractivity contribution in [1.82, 2.24) is 14.3 Å². The molecule has 2 heterocycles. The van der Waals surface area contributed by atoms with Crippen LogP contribution in [0.15, 0.2) is 72.0 Å². The molecule has 0 bridgehead atoms. The van der Waals surface area contributed by atoms with Crippen LogP contribution in [0.5, 0.6) is 5.75 Å². The minimum Gasteiger partial charge on any atom is -0.485 e. The Kier molecular flexibility index (Phi) is 6.20. The summed E-state index contributed by atoms with van der Waals surface area (Å²) in [5.74, 6) is 0.271. The van der Waals surface area contributed by atoms with Gasteiger partial charge >= 0.3 is 0 Å². The second-order valence-corrected chi connectivity index (χ2v) is 8.41. The molecule has 0 aliphatic carbocycles. The van der Waals surface area contributed by atoms with Crippen LogP contribution in [0.4, 0.5) is 5.82 Å². The maximum atomic E-state index is 12.6. The van der Waals surface area contributed by atoms with Gasteiger partial charge in [0.25, 0.3) is 5.91 Å². The number of sulfonamides is 1. The quantitative estimate of drug-likeness (QED) is 0.640. The number of rotatable bonds is 7. The van der Waals surface area contributed by atoms with E-state index in [0.29, 0.717) is 17.9 Å². The molecule has 3 aromatic rings. The molecule has 9 heteroatoms. The molecule has 0 saturated heterocycles. The number of nitrogens with one attached hydrogen (secondary N) is 1. The van der Waals surface area contributed by atoms with E-state index in [0.717, 1.165) is 9.87 Å². The van der Waals surface area contributed by atoms with E-state index in [1.165, 1.54) is 38.4 Å². The minimum atomic E-state index is -3.55. The molecular formula is C20H20N4O4S. The summed E-state index contributed by atoms with van der Waals surface area (Å²) >= 11 is 0. The third-order valence-corrected chi connectivity index (χ3v) is 5.87. The van der Waals surface area contributed by atoms with Gasteiger partial charge in [-0.05, 0) is 54.1 Å². The Morgan fingerprint density at radius 2 is 1.72 bits per heavy atom. The maximum Gasteiger partial charge on any atom is 0.256 e. The van der Waals surface area contributed by atoms with Gasteiger partial charge < -0.3 is 10.1 Å². The highest BCUT2D eigenvalue weighted by Crippen LogP contribution is 2.23. The number of carbonyl (C=O) groups excluding carboxylic acids is 1. The summed E-state index contributed by atoms with van der Waals surface area (Å²) in [6.07, 6.45) is 4.89. The standard InChI is InChI=1S/C20H20N4O4S/c1-24(2)29(26,27)17-7-5-16(6-8-17)20(25)23-19-18(4-3-11-22-19)28-14-15-9-12-21-13-10-15/h3-13H,14H2,1-2H3,(H,22,23,25). The fourth-order valence-electron chi connectivity index (χ4n) is 2.41. The Morgan fingerprint density at radius 1 is 1.03 bits per heavy atom. The van der Waals surface area contributed by atoms with Crippen molar-refractivity contribution in [3.05, 3.63) is 78.2 Å². The van der Waals surface area contributed by atoms with E-state index in [-0.39, 0.29) is 10.7 Å². The zero-order valence-corrected chi connectivity index (χ0v) is 16.8. The van der Waals surface area contributed by atoms with Gasteiger partial charge in [-0.2, -0.15) is 0 Å². The number of nitrogens with zero attached hydrogens (tertiary/aromatic N) is 3. The molecule has 150 valence electrons. The molecule has 8 nitrogen and oxygen atoms in total. The topological polar surface area (TPSA) is 101 Å². The Labute approximate surface area is 169 Å². The number of benzene rings is 1. The zero-order valence-electron chi connectivity index (χ0n) is 15.9. The van der Waals surface area contributed by atoms with E-state index in [1.54, 1.807) is 30.7 Å². The molecule has 29 heavy (non-hydrogen) atoms. The third kappa shape index (κ3) is 4.95. The summed E-state index contributed by atoms with van der Waals surface area (Å²) in [5.41, 5.74) is 1.23. The average molecular weight is 412 g/mol. The van der Waals surface area contributed by atoms with Gasteiger partial charge in [0.15, 0.2) is 11.6 Å². The Hall–Kier alpha value is -3.30. The van der Waals surface area contributed by atoms with Gasteiger partial charge in [-0.1, -0.05) is 0 Å². The molecule has 0 saturated carbocycles. The van der Waals surface area contributed by atoms with E-state index in [4.69, 9.17) is 4.74 Å². The van der Waals surface area contributed by atoms with Gasteiger partial charge in [-0.25, -0.2) is 17.7 Å². The van der Waals surface area contributed by atoms with Gasteiger partial charge in [0.1, 0.15) is 6.61 Å². The first-order chi connectivity index (χ1) is 13.9. The van der Waals surface area contributed by atoms with Crippen molar-refractivity contribution in [3.8, 4) is 5.75 Å². The van der Waals surface area contributed by atoms with Crippen molar-refractivity contribution in [2.75, 3.05) is 19.4 Å². The monoisotopic (exact) mass is 412 g/mol. The van der Waals surface area contributed by atoms with Crippen molar-refractivity contribution in [2.45, 2.75) is 11.5 Å². The third-order valence-electron chi connectivity index (χ3n) is 4.04. The molecule has 3 rings (SSSR count). The number of hydrogen-bond donors (Lipinski definition) is 1. The smallest absolute Gasteiger partial charge is 0.256 e. The van der Waals surface area contributed by atoms with E-state index < -0.39 is 15.9 Å². The van der Waals surface area contributed by atoms with Gasteiger partial charge in [0.05, 0.1) is 4.90 Å². The van der Waals surface area contributed by atoms with Crippen LogP contribution in [0, 0.1) is 0 Å². The van der Waals surface area contributed by atoms with Crippen LogP contribution in [-0.2, 0) is 16.6 Å². The maximum absolute atomic E-state index is 12.6. The first kappa shape index (κ1) is 20.4. The van der Waals surface area contributed by atoms with Crippen LogP contribution in [0.2, 0.25) is 0 Å². The van der Waals surface area contributed by atoms with Crippen LogP contribution >= 0.6 is 0 Å². The SMILES string of the molecule is CN(C)S(=O)(=O)c1ccc(C(=O)Nc2ncccc2OCc2ccncc2)cc1. The summed E-state index contributed by atoms with van der Waals surface area (Å²) in [4.78, 5) is 20.8. The van der Waals surface area contributed by atoms with Gasteiger partial charge in [0.2, 0.25) is 10.0 Å². The molecular weight excluding hydrogens is 392 g/mol. The summed E-state index contributed by atoms with van der Waals surface area (Å²) in [7, 11) is -0.656. The summed E-state index contributed by atoms with van der Waals surface area (Å²) in [6, 6.07) is 12.8. The lowest BCUT2D eigenvalue weighted by Gasteiger charge is -2.13. The first-order valence-corrected chi connectivity index (χ1v) is 10.1. The Bertz CT molecular complexity index is 1080. The molecule has 0 fully saturated rings. The number of anilines is 1. The lowest BCUT2D eigenvalue weighted by Crippen LogP contribution is -2.22. The highest BCUT2D eigenvalue weighted by atomic mass is 32.2. The number of aromatic nitrogens is 2. The van der Waals surface area contributed by atoms with E-state index >= 15 is 0 Å². The Morgan fingerprint density at radius 3 is 2.38 bits per heavy atom. The van der Waals surface area contributed by atoms with E-state index in [1.807, 2.05) is 12.1 Å². The summed E-state index contributed by atoms with van der Waals surface area (Å²) in [6.45, 7) is 0.300. The summed E-state index contributed by atoms with van der Waals surface area (Å²) in [5, 5.41) is 2.70. The number of carbonyl (C=O) groups is 1. The van der Waals surface area contributed by atoms with Crippen molar-refractivity contribution in [3.63, 3.8) is 0 Å². The zero-order chi connectivity index (χ0) is 20.9. The predicted molar refractivity (Wildman–Crippen MR) is 108 cm³/mol. The molecule has 0 aliphatic rings. The second-order valence-electron chi connectivity index (χ2n) is 6.26. The normalized spacial score (nSPS) is 11.3. The van der Waals surface area contributed by atoms with Crippen molar-refractivity contribution in [1.29, 1.82) is 0 Å². The Balaban J connectivity index is 1.72. The van der Waals surface area contributed by atoms with Crippen LogP contribution in [-0.4, -0.2) is 42.7 Å². The van der Waals surface area contributed by atoms with Crippen molar-refractivity contribution < 1.29 is 17.9 Å². The van der Waals surface area contributed by atoms with Crippen LogP contribution < -0.4 is 10.1 Å². The molecule has 1 amide bonds. The van der Waals surface area contributed by atoms with Gasteiger partial charge in [0, 0.05) is 38.2 Å². The first-order valence-electron chi connectivity index (χ1n) is 8.68. The second kappa shape index (κ2) is 8.80. The van der Waals surface area contributed by atoms with Crippen LogP contribution in [0.3, 0.4) is 0 Å². The van der Waals surface area contributed by atoms with Gasteiger partial charge in [-0.3, -0.25) is 9.78 Å². The molecule has 1 aromatic carbocycles. The molecule has 1 N–H and O–H groups in total. The number of ether oxygens (including phenoxy) is 1. The predicted octanol–water partition coefficient (Wildman–Crippen LogP) is 2.56.